The summed E-state index contributed by atoms with van der Waals surface area (Å²) in [5.41, 5.74) is 5.14. The fourth-order valence-corrected chi connectivity index (χ4v) is 1.58. The first-order valence-corrected chi connectivity index (χ1v) is 6.06. The average molecular weight is 290 g/mol. The molecule has 2 rings (SSSR count). The Labute approximate surface area is 109 Å². The van der Waals surface area contributed by atoms with Gasteiger partial charge in [0.25, 0.3) is 0 Å². The van der Waals surface area contributed by atoms with Crippen molar-refractivity contribution in [1.82, 2.24) is 4.98 Å². The van der Waals surface area contributed by atoms with E-state index in [4.69, 9.17) is 0 Å². The minimum Gasteiger partial charge on any atom is -0.279 e. The third-order valence-corrected chi connectivity index (χ3v) is 2.73. The Morgan fingerprint density at radius 3 is 2.53 bits per heavy atom. The molecule has 0 unspecified atom stereocenters. The van der Waals surface area contributed by atoms with Crippen LogP contribution in [0.15, 0.2) is 58.4 Å². The summed E-state index contributed by atoms with van der Waals surface area (Å²) in [5.74, 6) is 0. The van der Waals surface area contributed by atoms with Gasteiger partial charge in [0.15, 0.2) is 0 Å². The first kappa shape index (κ1) is 11.8. The number of hydrogen-bond acceptors (Lipinski definition) is 3. The van der Waals surface area contributed by atoms with Crippen LogP contribution < -0.4 is 5.43 Å². The van der Waals surface area contributed by atoms with E-state index < -0.39 is 0 Å². The number of hydrazone groups is 1. The van der Waals surface area contributed by atoms with E-state index in [1.54, 1.807) is 12.4 Å². The quantitative estimate of drug-likeness (QED) is 0.691. The van der Waals surface area contributed by atoms with Gasteiger partial charge in [-0.25, -0.2) is 0 Å². The molecule has 0 aliphatic rings. The molecular weight excluding hydrogens is 278 g/mol. The van der Waals surface area contributed by atoms with Crippen molar-refractivity contribution in [1.29, 1.82) is 0 Å². The summed E-state index contributed by atoms with van der Waals surface area (Å²) in [5, 5.41) is 4.16. The summed E-state index contributed by atoms with van der Waals surface area (Å²) in [7, 11) is 0. The predicted molar refractivity (Wildman–Crippen MR) is 74.2 cm³/mol. The Balaban J connectivity index is 1.84. The van der Waals surface area contributed by atoms with Crippen LogP contribution in [0.25, 0.3) is 0 Å². The first-order valence-electron chi connectivity index (χ1n) is 5.26. The maximum atomic E-state index is 4.16. The number of nitrogens with one attached hydrogen (secondary N) is 1. The summed E-state index contributed by atoms with van der Waals surface area (Å²) < 4.78 is 1.06. The van der Waals surface area contributed by atoms with Crippen LogP contribution >= 0.6 is 15.9 Å². The summed E-state index contributed by atoms with van der Waals surface area (Å²) in [6.45, 7) is 0. The number of nitrogens with zero attached hydrogens (tertiary/aromatic N) is 2. The molecule has 0 fully saturated rings. The minimum atomic E-state index is 0.798. The van der Waals surface area contributed by atoms with Gasteiger partial charge in [0.2, 0.25) is 0 Å². The lowest BCUT2D eigenvalue weighted by molar-refractivity contribution is 1.24. The number of hydrogen-bond donors (Lipinski definition) is 1. The molecule has 0 bridgehead atoms. The van der Waals surface area contributed by atoms with Crippen molar-refractivity contribution in [2.75, 3.05) is 5.43 Å². The molecule has 1 N–H and O–H groups in total. The van der Waals surface area contributed by atoms with E-state index in [-0.39, 0.29) is 0 Å². The molecule has 0 aliphatic carbocycles. The maximum Gasteiger partial charge on any atom is 0.0562 e. The van der Waals surface area contributed by atoms with Crippen LogP contribution in [0.4, 0.5) is 5.69 Å². The predicted octanol–water partition coefficient (Wildman–Crippen LogP) is 3.48. The van der Waals surface area contributed by atoms with Gasteiger partial charge in [-0.2, -0.15) is 5.10 Å². The van der Waals surface area contributed by atoms with Gasteiger partial charge in [-0.1, -0.05) is 15.9 Å². The summed E-state index contributed by atoms with van der Waals surface area (Å²) in [6.07, 6.45) is 6.21. The average Bonchev–Trinajstić information content (AvgIpc) is 2.38. The lowest BCUT2D eigenvalue weighted by Crippen LogP contribution is -1.92. The Morgan fingerprint density at radius 1 is 1.12 bits per heavy atom. The zero-order chi connectivity index (χ0) is 11.9. The van der Waals surface area contributed by atoms with Crippen LogP contribution in [0.3, 0.4) is 0 Å². The number of halogens is 1. The van der Waals surface area contributed by atoms with Crippen molar-refractivity contribution >= 4 is 27.8 Å². The van der Waals surface area contributed by atoms with Crippen molar-refractivity contribution in [3.8, 4) is 0 Å². The van der Waals surface area contributed by atoms with E-state index in [9.17, 15) is 0 Å². The molecular formula is C13H12BrN3. The molecule has 0 aliphatic heterocycles. The molecule has 4 heteroatoms. The molecule has 0 saturated heterocycles. The Hall–Kier alpha value is -1.68. The van der Waals surface area contributed by atoms with Gasteiger partial charge in [0.1, 0.15) is 0 Å². The van der Waals surface area contributed by atoms with Gasteiger partial charge >= 0.3 is 0 Å². The molecule has 0 spiro atoms. The molecule has 2 aromatic rings. The highest BCUT2D eigenvalue weighted by molar-refractivity contribution is 9.10. The van der Waals surface area contributed by atoms with Crippen molar-refractivity contribution < 1.29 is 0 Å². The molecule has 1 heterocycles. The molecule has 1 aromatic heterocycles. The molecule has 3 nitrogen and oxygen atoms in total. The molecule has 0 amide bonds. The SMILES string of the molecule is Brc1ccc(NN=CCc2ccncc2)cc1. The van der Waals surface area contributed by atoms with Gasteiger partial charge in [0, 0.05) is 29.5 Å². The van der Waals surface area contributed by atoms with Crippen LogP contribution in [-0.2, 0) is 6.42 Å². The fraction of sp³-hybridized carbons (Fsp3) is 0.0769. The minimum absolute atomic E-state index is 0.798. The monoisotopic (exact) mass is 289 g/mol. The van der Waals surface area contributed by atoms with Gasteiger partial charge in [-0.3, -0.25) is 10.4 Å². The van der Waals surface area contributed by atoms with E-state index >= 15 is 0 Å². The van der Waals surface area contributed by atoms with E-state index in [0.29, 0.717) is 0 Å². The normalized spacial score (nSPS) is 10.6. The maximum absolute atomic E-state index is 4.16. The third kappa shape index (κ3) is 4.00. The van der Waals surface area contributed by atoms with Crippen LogP contribution in [0, 0.1) is 0 Å². The van der Waals surface area contributed by atoms with E-state index in [1.165, 1.54) is 5.56 Å². The number of pyridine rings is 1. The number of benzene rings is 1. The first-order chi connectivity index (χ1) is 8.34. The summed E-state index contributed by atoms with van der Waals surface area (Å²) in [4.78, 5) is 3.96. The van der Waals surface area contributed by atoms with Gasteiger partial charge in [-0.15, -0.1) is 0 Å². The Bertz CT molecular complexity index is 480. The molecule has 1 aromatic carbocycles. The molecule has 86 valence electrons. The highest BCUT2D eigenvalue weighted by Gasteiger charge is 1.89. The number of anilines is 1. The zero-order valence-electron chi connectivity index (χ0n) is 9.18. The lowest BCUT2D eigenvalue weighted by atomic mass is 10.2. The van der Waals surface area contributed by atoms with Crippen LogP contribution in [0.5, 0.6) is 0 Å². The second-order valence-corrected chi connectivity index (χ2v) is 4.41. The van der Waals surface area contributed by atoms with E-state index in [2.05, 4.69) is 31.4 Å². The van der Waals surface area contributed by atoms with Crippen LogP contribution in [-0.4, -0.2) is 11.2 Å². The van der Waals surface area contributed by atoms with Gasteiger partial charge < -0.3 is 0 Å². The highest BCUT2D eigenvalue weighted by atomic mass is 79.9. The zero-order valence-corrected chi connectivity index (χ0v) is 10.8. The Kier molecular flexibility index (Phi) is 4.27. The third-order valence-electron chi connectivity index (χ3n) is 2.21. The van der Waals surface area contributed by atoms with Gasteiger partial charge in [0.05, 0.1) is 5.69 Å². The number of aromatic nitrogens is 1. The van der Waals surface area contributed by atoms with Crippen molar-refractivity contribution in [3.05, 3.63) is 58.8 Å². The number of rotatable bonds is 4. The van der Waals surface area contributed by atoms with E-state index in [0.717, 1.165) is 16.6 Å². The van der Waals surface area contributed by atoms with Crippen molar-refractivity contribution in [2.24, 2.45) is 5.10 Å². The second kappa shape index (κ2) is 6.15. The van der Waals surface area contributed by atoms with Crippen molar-refractivity contribution in [2.45, 2.75) is 6.42 Å². The summed E-state index contributed by atoms with van der Waals surface area (Å²) >= 11 is 3.39. The molecule has 0 saturated carbocycles. The standard InChI is InChI=1S/C13H12BrN3/c14-12-1-3-13(4-2-12)17-16-10-7-11-5-8-15-9-6-11/h1-6,8-10,17H,7H2. The van der Waals surface area contributed by atoms with Crippen molar-refractivity contribution in [3.63, 3.8) is 0 Å². The topological polar surface area (TPSA) is 37.3 Å². The van der Waals surface area contributed by atoms with E-state index in [1.807, 2.05) is 42.6 Å². The largest absolute Gasteiger partial charge is 0.279 e. The lowest BCUT2D eigenvalue weighted by Gasteiger charge is -1.99. The molecule has 0 radical (unpaired) electrons. The Morgan fingerprint density at radius 2 is 1.82 bits per heavy atom. The van der Waals surface area contributed by atoms with Crippen LogP contribution in [0.2, 0.25) is 0 Å². The highest BCUT2D eigenvalue weighted by Crippen LogP contribution is 2.13. The van der Waals surface area contributed by atoms with Gasteiger partial charge in [-0.05, 0) is 42.0 Å². The molecule has 0 atom stereocenters. The summed E-state index contributed by atoms with van der Waals surface area (Å²) in [6, 6.07) is 11.8. The smallest absolute Gasteiger partial charge is 0.0562 e. The fourth-order valence-electron chi connectivity index (χ4n) is 1.31. The second-order valence-electron chi connectivity index (χ2n) is 3.49. The van der Waals surface area contributed by atoms with Crippen LogP contribution in [0.1, 0.15) is 5.56 Å². The molecule has 17 heavy (non-hydrogen) atoms.